The van der Waals surface area contributed by atoms with Crippen molar-refractivity contribution in [2.24, 2.45) is 7.05 Å². The van der Waals surface area contributed by atoms with Crippen LogP contribution in [0.3, 0.4) is 0 Å². The van der Waals surface area contributed by atoms with Crippen LogP contribution in [0.1, 0.15) is 30.2 Å². The molecule has 0 amide bonds. The molecule has 0 aliphatic rings. The first-order valence-corrected chi connectivity index (χ1v) is 5.97. The van der Waals surface area contributed by atoms with Crippen molar-refractivity contribution in [2.75, 3.05) is 0 Å². The number of aliphatic hydroxyl groups excluding tert-OH is 1. The Hall–Kier alpha value is -1.61. The number of rotatable bonds is 5. The fourth-order valence-corrected chi connectivity index (χ4v) is 1.96. The molecule has 2 aromatic rings. The zero-order valence-corrected chi connectivity index (χ0v) is 10.1. The number of aliphatic hydroxyl groups is 1. The van der Waals surface area contributed by atoms with Crippen LogP contribution in [-0.2, 0) is 13.5 Å². The largest absolute Gasteiger partial charge is 0.388 e. The highest BCUT2D eigenvalue weighted by Crippen LogP contribution is 2.18. The first-order valence-electron chi connectivity index (χ1n) is 5.97. The van der Waals surface area contributed by atoms with Crippen LogP contribution >= 0.6 is 0 Å². The summed E-state index contributed by atoms with van der Waals surface area (Å²) in [5.74, 6) is 0. The van der Waals surface area contributed by atoms with Gasteiger partial charge in [-0.05, 0) is 30.9 Å². The van der Waals surface area contributed by atoms with Gasteiger partial charge < -0.3 is 5.11 Å². The van der Waals surface area contributed by atoms with Crippen molar-refractivity contribution in [1.29, 1.82) is 0 Å². The van der Waals surface area contributed by atoms with Crippen LogP contribution in [-0.4, -0.2) is 14.9 Å². The average molecular weight is 230 g/mol. The van der Waals surface area contributed by atoms with Gasteiger partial charge in [-0.25, -0.2) is 0 Å². The SMILES string of the molecule is Cn1nccc1CCCC(O)c1ccccc1. The van der Waals surface area contributed by atoms with Crippen molar-refractivity contribution in [2.45, 2.75) is 25.4 Å². The molecule has 0 aliphatic heterocycles. The maximum absolute atomic E-state index is 10.00. The summed E-state index contributed by atoms with van der Waals surface area (Å²) in [6.07, 6.45) is 4.16. The van der Waals surface area contributed by atoms with E-state index in [4.69, 9.17) is 0 Å². The third kappa shape index (κ3) is 3.17. The van der Waals surface area contributed by atoms with Gasteiger partial charge in [-0.2, -0.15) is 5.10 Å². The summed E-state index contributed by atoms with van der Waals surface area (Å²) in [6, 6.07) is 11.8. The van der Waals surface area contributed by atoms with Crippen LogP contribution in [0.25, 0.3) is 0 Å². The van der Waals surface area contributed by atoms with Crippen LogP contribution < -0.4 is 0 Å². The normalized spacial score (nSPS) is 12.6. The van der Waals surface area contributed by atoms with Crippen LogP contribution in [0.4, 0.5) is 0 Å². The highest BCUT2D eigenvalue weighted by atomic mass is 16.3. The van der Waals surface area contributed by atoms with Gasteiger partial charge in [-0.1, -0.05) is 30.3 Å². The summed E-state index contributed by atoms with van der Waals surface area (Å²) >= 11 is 0. The van der Waals surface area contributed by atoms with Crippen LogP contribution in [0, 0.1) is 0 Å². The molecule has 1 N–H and O–H groups in total. The monoisotopic (exact) mass is 230 g/mol. The van der Waals surface area contributed by atoms with E-state index in [1.807, 2.05) is 54.3 Å². The molecule has 0 fully saturated rings. The summed E-state index contributed by atoms with van der Waals surface area (Å²) in [5, 5.41) is 14.1. The zero-order chi connectivity index (χ0) is 12.1. The molecule has 90 valence electrons. The second-order valence-electron chi connectivity index (χ2n) is 4.26. The standard InChI is InChI=1S/C14H18N2O/c1-16-13(10-11-15-16)8-5-9-14(17)12-6-3-2-4-7-12/h2-4,6-7,10-11,14,17H,5,8-9H2,1H3. The summed E-state index contributed by atoms with van der Waals surface area (Å²) in [7, 11) is 1.95. The molecule has 0 saturated carbocycles. The van der Waals surface area contributed by atoms with E-state index in [-0.39, 0.29) is 6.10 Å². The summed E-state index contributed by atoms with van der Waals surface area (Å²) in [5.41, 5.74) is 2.21. The van der Waals surface area contributed by atoms with Gasteiger partial charge in [0.25, 0.3) is 0 Å². The number of hydrogen-bond donors (Lipinski definition) is 1. The van der Waals surface area contributed by atoms with E-state index in [0.29, 0.717) is 0 Å². The van der Waals surface area contributed by atoms with Gasteiger partial charge in [0.05, 0.1) is 6.10 Å². The topological polar surface area (TPSA) is 38.0 Å². The van der Waals surface area contributed by atoms with Gasteiger partial charge in [-0.15, -0.1) is 0 Å². The highest BCUT2D eigenvalue weighted by molar-refractivity contribution is 5.17. The summed E-state index contributed by atoms with van der Waals surface area (Å²) in [6.45, 7) is 0. The number of aryl methyl sites for hydroxylation is 2. The predicted molar refractivity (Wildman–Crippen MR) is 67.5 cm³/mol. The lowest BCUT2D eigenvalue weighted by molar-refractivity contribution is 0.164. The molecular weight excluding hydrogens is 212 g/mol. The van der Waals surface area contributed by atoms with E-state index < -0.39 is 0 Å². The van der Waals surface area contributed by atoms with Gasteiger partial charge in [-0.3, -0.25) is 4.68 Å². The van der Waals surface area contributed by atoms with Crippen molar-refractivity contribution in [3.8, 4) is 0 Å². The average Bonchev–Trinajstić information content (AvgIpc) is 2.76. The van der Waals surface area contributed by atoms with E-state index in [9.17, 15) is 5.11 Å². The molecule has 1 unspecified atom stereocenters. The lowest BCUT2D eigenvalue weighted by Gasteiger charge is -2.10. The Morgan fingerprint density at radius 2 is 2.00 bits per heavy atom. The second kappa shape index (κ2) is 5.64. The number of benzene rings is 1. The molecule has 3 heteroatoms. The third-order valence-corrected chi connectivity index (χ3v) is 3.02. The minimum absolute atomic E-state index is 0.357. The molecule has 1 heterocycles. The van der Waals surface area contributed by atoms with Crippen molar-refractivity contribution in [3.63, 3.8) is 0 Å². The number of hydrogen-bond acceptors (Lipinski definition) is 2. The predicted octanol–water partition coefficient (Wildman–Crippen LogP) is 2.48. The minimum atomic E-state index is -0.357. The minimum Gasteiger partial charge on any atom is -0.388 e. The quantitative estimate of drug-likeness (QED) is 0.857. The molecule has 0 saturated heterocycles. The third-order valence-electron chi connectivity index (χ3n) is 3.02. The molecule has 1 atom stereocenters. The lowest BCUT2D eigenvalue weighted by Crippen LogP contribution is -2.01. The van der Waals surface area contributed by atoms with Gasteiger partial charge in [0.15, 0.2) is 0 Å². The first kappa shape index (κ1) is 11.9. The van der Waals surface area contributed by atoms with Gasteiger partial charge in [0.2, 0.25) is 0 Å². The second-order valence-corrected chi connectivity index (χ2v) is 4.26. The lowest BCUT2D eigenvalue weighted by atomic mass is 10.0. The maximum Gasteiger partial charge on any atom is 0.0790 e. The molecular formula is C14H18N2O. The highest BCUT2D eigenvalue weighted by Gasteiger charge is 2.07. The van der Waals surface area contributed by atoms with Crippen LogP contribution in [0.15, 0.2) is 42.6 Å². The van der Waals surface area contributed by atoms with Gasteiger partial charge in [0, 0.05) is 18.9 Å². The van der Waals surface area contributed by atoms with Crippen molar-refractivity contribution >= 4 is 0 Å². The van der Waals surface area contributed by atoms with Gasteiger partial charge >= 0.3 is 0 Å². The van der Waals surface area contributed by atoms with E-state index in [1.54, 1.807) is 0 Å². The zero-order valence-electron chi connectivity index (χ0n) is 10.1. The Bertz CT molecular complexity index is 450. The Labute approximate surface area is 102 Å². The Morgan fingerprint density at radius 3 is 2.65 bits per heavy atom. The Balaban J connectivity index is 1.81. The molecule has 1 aromatic heterocycles. The number of nitrogens with zero attached hydrogens (tertiary/aromatic N) is 2. The molecule has 3 nitrogen and oxygen atoms in total. The van der Waals surface area contributed by atoms with Crippen LogP contribution in [0.5, 0.6) is 0 Å². The molecule has 0 radical (unpaired) electrons. The Morgan fingerprint density at radius 1 is 1.24 bits per heavy atom. The molecule has 17 heavy (non-hydrogen) atoms. The molecule has 1 aromatic carbocycles. The first-order chi connectivity index (χ1) is 8.27. The van der Waals surface area contributed by atoms with E-state index >= 15 is 0 Å². The summed E-state index contributed by atoms with van der Waals surface area (Å²) < 4.78 is 1.88. The maximum atomic E-state index is 10.00. The number of aromatic nitrogens is 2. The van der Waals surface area contributed by atoms with Crippen molar-refractivity contribution in [3.05, 3.63) is 53.9 Å². The van der Waals surface area contributed by atoms with E-state index in [0.717, 1.165) is 24.8 Å². The fourth-order valence-electron chi connectivity index (χ4n) is 1.96. The van der Waals surface area contributed by atoms with Crippen molar-refractivity contribution in [1.82, 2.24) is 9.78 Å². The fraction of sp³-hybridized carbons (Fsp3) is 0.357. The molecule has 0 aliphatic carbocycles. The molecule has 0 spiro atoms. The van der Waals surface area contributed by atoms with Crippen LogP contribution in [0.2, 0.25) is 0 Å². The van der Waals surface area contributed by atoms with Crippen molar-refractivity contribution < 1.29 is 5.11 Å². The summed E-state index contributed by atoms with van der Waals surface area (Å²) in [4.78, 5) is 0. The smallest absolute Gasteiger partial charge is 0.0790 e. The Kier molecular flexibility index (Phi) is 3.94. The molecule has 2 rings (SSSR count). The van der Waals surface area contributed by atoms with E-state index in [2.05, 4.69) is 5.10 Å². The van der Waals surface area contributed by atoms with Gasteiger partial charge in [0.1, 0.15) is 0 Å². The van der Waals surface area contributed by atoms with E-state index in [1.165, 1.54) is 5.69 Å². The molecule has 0 bridgehead atoms.